The van der Waals surface area contributed by atoms with E-state index in [1.165, 1.54) is 31.2 Å². The Labute approximate surface area is 127 Å². The van der Waals surface area contributed by atoms with Gasteiger partial charge in [0.1, 0.15) is 12.2 Å². The molecule has 1 aromatic carbocycles. The van der Waals surface area contributed by atoms with E-state index >= 15 is 0 Å². The first-order chi connectivity index (χ1) is 10.0. The van der Waals surface area contributed by atoms with Crippen molar-refractivity contribution < 1.29 is 14.6 Å². The Hall–Kier alpha value is -1.22. The Balaban J connectivity index is 1.57. The first-order valence-corrected chi connectivity index (χ1v) is 8.15. The number of hydrogen-bond donors (Lipinski definition) is 1. The van der Waals surface area contributed by atoms with Gasteiger partial charge in [-0.3, -0.25) is 0 Å². The number of aliphatic hydroxyl groups is 1. The molecule has 1 saturated carbocycles. The summed E-state index contributed by atoms with van der Waals surface area (Å²) in [7, 11) is 0. The molecular formula is C18H26O3. The summed E-state index contributed by atoms with van der Waals surface area (Å²) in [5, 5.41) is 10.2. The van der Waals surface area contributed by atoms with E-state index in [4.69, 9.17) is 9.47 Å². The van der Waals surface area contributed by atoms with Gasteiger partial charge in [0.05, 0.1) is 6.10 Å². The van der Waals surface area contributed by atoms with Crippen LogP contribution in [0.5, 0.6) is 11.5 Å². The van der Waals surface area contributed by atoms with Crippen LogP contribution in [0.1, 0.15) is 51.5 Å². The highest BCUT2D eigenvalue weighted by Crippen LogP contribution is 2.41. The molecule has 116 valence electrons. The summed E-state index contributed by atoms with van der Waals surface area (Å²) in [6.45, 7) is 4.54. The second-order valence-electron chi connectivity index (χ2n) is 7.13. The molecular weight excluding hydrogens is 264 g/mol. The average molecular weight is 290 g/mol. The van der Waals surface area contributed by atoms with Crippen molar-refractivity contribution in [3.63, 3.8) is 0 Å². The Morgan fingerprint density at radius 3 is 2.86 bits per heavy atom. The Morgan fingerprint density at radius 2 is 2.10 bits per heavy atom. The van der Waals surface area contributed by atoms with Gasteiger partial charge < -0.3 is 14.6 Å². The second kappa shape index (κ2) is 5.88. The molecule has 1 unspecified atom stereocenters. The first-order valence-electron chi connectivity index (χ1n) is 8.15. The highest BCUT2D eigenvalue weighted by Gasteiger charge is 2.32. The quantitative estimate of drug-likeness (QED) is 0.898. The van der Waals surface area contributed by atoms with E-state index in [0.29, 0.717) is 12.5 Å². The smallest absolute Gasteiger partial charge is 0.165 e. The van der Waals surface area contributed by atoms with Gasteiger partial charge in [-0.15, -0.1) is 0 Å². The molecule has 3 rings (SSSR count). The van der Waals surface area contributed by atoms with E-state index in [-0.39, 0.29) is 11.7 Å². The van der Waals surface area contributed by atoms with E-state index in [1.54, 1.807) is 0 Å². The Bertz CT molecular complexity index is 489. The van der Waals surface area contributed by atoms with Crippen molar-refractivity contribution in [2.24, 2.45) is 5.92 Å². The van der Waals surface area contributed by atoms with Crippen LogP contribution in [0.3, 0.4) is 0 Å². The fourth-order valence-corrected chi connectivity index (χ4v) is 3.59. The molecule has 21 heavy (non-hydrogen) atoms. The van der Waals surface area contributed by atoms with Crippen molar-refractivity contribution in [1.82, 2.24) is 0 Å². The van der Waals surface area contributed by atoms with Crippen LogP contribution >= 0.6 is 0 Å². The van der Waals surface area contributed by atoms with Gasteiger partial charge in [0, 0.05) is 12.0 Å². The lowest BCUT2D eigenvalue weighted by molar-refractivity contribution is 0.0802. The number of aliphatic hydroxyl groups excluding tert-OH is 1. The number of ether oxygens (including phenoxy) is 2. The van der Waals surface area contributed by atoms with Crippen LogP contribution in [0.4, 0.5) is 0 Å². The maximum absolute atomic E-state index is 10.2. The SMILES string of the molecule is CC1(C)Cc2cccc(OCC(O)CC3CCCC3)c2O1. The molecule has 2 aliphatic rings. The van der Waals surface area contributed by atoms with E-state index in [2.05, 4.69) is 19.9 Å². The highest BCUT2D eigenvalue weighted by molar-refractivity contribution is 5.50. The molecule has 0 saturated heterocycles. The minimum Gasteiger partial charge on any atom is -0.487 e. The van der Waals surface area contributed by atoms with Gasteiger partial charge >= 0.3 is 0 Å². The van der Waals surface area contributed by atoms with Gasteiger partial charge in [-0.1, -0.05) is 37.8 Å². The number of para-hydroxylation sites is 1. The lowest BCUT2D eigenvalue weighted by atomic mass is 10.0. The van der Waals surface area contributed by atoms with Crippen molar-refractivity contribution in [3.8, 4) is 11.5 Å². The maximum Gasteiger partial charge on any atom is 0.165 e. The van der Waals surface area contributed by atoms with Crippen LogP contribution in [0, 0.1) is 5.92 Å². The number of benzene rings is 1. The van der Waals surface area contributed by atoms with Crippen LogP contribution in [0.15, 0.2) is 18.2 Å². The third kappa shape index (κ3) is 3.52. The molecule has 0 bridgehead atoms. The lowest BCUT2D eigenvalue weighted by Gasteiger charge is -2.19. The molecule has 0 radical (unpaired) electrons. The third-order valence-electron chi connectivity index (χ3n) is 4.57. The van der Waals surface area contributed by atoms with Crippen LogP contribution in [-0.4, -0.2) is 23.4 Å². The second-order valence-corrected chi connectivity index (χ2v) is 7.13. The zero-order valence-corrected chi connectivity index (χ0v) is 13.1. The first kappa shape index (κ1) is 14.7. The summed E-state index contributed by atoms with van der Waals surface area (Å²) in [5.74, 6) is 2.30. The minimum absolute atomic E-state index is 0.162. The largest absolute Gasteiger partial charge is 0.487 e. The van der Waals surface area contributed by atoms with Gasteiger partial charge in [0.25, 0.3) is 0 Å². The van der Waals surface area contributed by atoms with Crippen molar-refractivity contribution in [1.29, 1.82) is 0 Å². The lowest BCUT2D eigenvalue weighted by Crippen LogP contribution is -2.25. The minimum atomic E-state index is -0.377. The molecule has 1 heterocycles. The van der Waals surface area contributed by atoms with Gasteiger partial charge in [-0.05, 0) is 32.3 Å². The molecule has 3 nitrogen and oxygen atoms in total. The van der Waals surface area contributed by atoms with Crippen molar-refractivity contribution >= 4 is 0 Å². The predicted octanol–water partition coefficient (Wildman–Crippen LogP) is 3.72. The zero-order valence-electron chi connectivity index (χ0n) is 13.1. The summed E-state index contributed by atoms with van der Waals surface area (Å²) in [5.41, 5.74) is 1.03. The predicted molar refractivity (Wildman–Crippen MR) is 82.9 cm³/mol. The van der Waals surface area contributed by atoms with E-state index < -0.39 is 0 Å². The fourth-order valence-electron chi connectivity index (χ4n) is 3.59. The van der Waals surface area contributed by atoms with Gasteiger partial charge in [0.15, 0.2) is 11.5 Å². The number of rotatable bonds is 5. The standard InChI is InChI=1S/C18H26O3/c1-18(2)11-14-8-5-9-16(17(14)21-18)20-12-15(19)10-13-6-3-4-7-13/h5,8-9,13,15,19H,3-4,6-7,10-12H2,1-2H3. The summed E-state index contributed by atoms with van der Waals surface area (Å²) < 4.78 is 11.8. The summed E-state index contributed by atoms with van der Waals surface area (Å²) in [4.78, 5) is 0. The summed E-state index contributed by atoms with van der Waals surface area (Å²) in [6, 6.07) is 6.02. The zero-order chi connectivity index (χ0) is 14.9. The fraction of sp³-hybridized carbons (Fsp3) is 0.667. The van der Waals surface area contributed by atoms with Crippen LogP contribution < -0.4 is 9.47 Å². The van der Waals surface area contributed by atoms with E-state index in [1.807, 2.05) is 12.1 Å². The van der Waals surface area contributed by atoms with Crippen LogP contribution in [0.2, 0.25) is 0 Å². The van der Waals surface area contributed by atoms with E-state index in [9.17, 15) is 5.11 Å². The van der Waals surface area contributed by atoms with Crippen molar-refractivity contribution in [3.05, 3.63) is 23.8 Å². The Morgan fingerprint density at radius 1 is 1.33 bits per heavy atom. The molecule has 1 fully saturated rings. The highest BCUT2D eigenvalue weighted by atomic mass is 16.5. The summed E-state index contributed by atoms with van der Waals surface area (Å²) >= 11 is 0. The topological polar surface area (TPSA) is 38.7 Å². The normalized spacial score (nSPS) is 21.9. The molecule has 1 aromatic rings. The van der Waals surface area contributed by atoms with Gasteiger partial charge in [-0.2, -0.15) is 0 Å². The number of fused-ring (bicyclic) bond motifs is 1. The molecule has 1 N–H and O–H groups in total. The summed E-state index contributed by atoms with van der Waals surface area (Å²) in [6.07, 6.45) is 6.54. The molecule has 1 atom stereocenters. The molecule has 1 aliphatic carbocycles. The van der Waals surface area contributed by atoms with Crippen molar-refractivity contribution in [2.45, 2.75) is 64.1 Å². The molecule has 0 amide bonds. The van der Waals surface area contributed by atoms with Crippen LogP contribution in [0.25, 0.3) is 0 Å². The molecule has 0 spiro atoms. The molecule has 3 heteroatoms. The van der Waals surface area contributed by atoms with E-state index in [0.717, 1.165) is 24.3 Å². The van der Waals surface area contributed by atoms with Gasteiger partial charge in [0.2, 0.25) is 0 Å². The molecule has 0 aromatic heterocycles. The average Bonchev–Trinajstić information content (AvgIpc) is 3.01. The monoisotopic (exact) mass is 290 g/mol. The number of hydrogen-bond acceptors (Lipinski definition) is 3. The molecule has 1 aliphatic heterocycles. The van der Waals surface area contributed by atoms with Gasteiger partial charge in [-0.25, -0.2) is 0 Å². The third-order valence-corrected chi connectivity index (χ3v) is 4.57. The maximum atomic E-state index is 10.2. The Kier molecular flexibility index (Phi) is 4.12. The van der Waals surface area contributed by atoms with Crippen LogP contribution in [-0.2, 0) is 6.42 Å². The van der Waals surface area contributed by atoms with Crippen molar-refractivity contribution in [2.75, 3.05) is 6.61 Å².